The fourth-order valence-electron chi connectivity index (χ4n) is 3.57. The molecule has 1 N–H and O–H groups in total. The summed E-state index contributed by atoms with van der Waals surface area (Å²) in [7, 11) is 0. The van der Waals surface area contributed by atoms with E-state index < -0.39 is 29.4 Å². The van der Waals surface area contributed by atoms with Crippen molar-refractivity contribution in [1.82, 2.24) is 9.55 Å². The van der Waals surface area contributed by atoms with Gasteiger partial charge in [-0.1, -0.05) is 30.3 Å². The average molecular weight is 403 g/mol. The molecule has 150 valence electrons. The summed E-state index contributed by atoms with van der Waals surface area (Å²) in [4.78, 5) is 17.0. The maximum absolute atomic E-state index is 13.4. The summed E-state index contributed by atoms with van der Waals surface area (Å²) in [5.41, 5.74) is 0.398. The minimum Gasteiger partial charge on any atom is -0.328 e. The van der Waals surface area contributed by atoms with Crippen LogP contribution in [-0.2, 0) is 23.9 Å². The standard InChI is InChI=1S/C21H17F4N3O/c22-18-7-6-15(11-17(18)21(23,24)25)27-20(29)14-8-9-28-16(10-14)12-26-19(28)13-4-2-1-3-5-13/h1-7,11-12,14H,8-10H2,(H,27,29). The van der Waals surface area contributed by atoms with Crippen molar-refractivity contribution >= 4 is 11.6 Å². The van der Waals surface area contributed by atoms with Crippen LogP contribution in [0.25, 0.3) is 11.4 Å². The van der Waals surface area contributed by atoms with Crippen molar-refractivity contribution in [3.05, 3.63) is 71.8 Å². The molecule has 29 heavy (non-hydrogen) atoms. The van der Waals surface area contributed by atoms with Gasteiger partial charge in [0.25, 0.3) is 0 Å². The first-order valence-electron chi connectivity index (χ1n) is 9.10. The zero-order valence-corrected chi connectivity index (χ0v) is 15.2. The minimum atomic E-state index is -4.82. The molecular weight excluding hydrogens is 386 g/mol. The van der Waals surface area contributed by atoms with Gasteiger partial charge < -0.3 is 9.88 Å². The van der Waals surface area contributed by atoms with Crippen LogP contribution in [0.5, 0.6) is 0 Å². The molecule has 4 rings (SSSR count). The number of imidazole rings is 1. The van der Waals surface area contributed by atoms with Crippen molar-refractivity contribution in [3.63, 3.8) is 0 Å². The summed E-state index contributed by atoms with van der Waals surface area (Å²) >= 11 is 0. The van der Waals surface area contributed by atoms with Crippen molar-refractivity contribution in [2.45, 2.75) is 25.6 Å². The lowest BCUT2D eigenvalue weighted by Crippen LogP contribution is -2.30. The van der Waals surface area contributed by atoms with Crippen LogP contribution in [0.3, 0.4) is 0 Å². The number of aromatic nitrogens is 2. The van der Waals surface area contributed by atoms with E-state index in [-0.39, 0.29) is 5.69 Å². The first-order chi connectivity index (χ1) is 13.8. The van der Waals surface area contributed by atoms with Gasteiger partial charge in [-0.05, 0) is 24.6 Å². The Labute approximate surface area is 164 Å². The summed E-state index contributed by atoms with van der Waals surface area (Å²) in [5.74, 6) is -1.33. The number of rotatable bonds is 3. The Morgan fingerprint density at radius 1 is 1.14 bits per heavy atom. The molecule has 1 aromatic heterocycles. The van der Waals surface area contributed by atoms with Crippen LogP contribution in [0.4, 0.5) is 23.2 Å². The lowest BCUT2D eigenvalue weighted by molar-refractivity contribution is -0.140. The molecule has 0 bridgehead atoms. The number of carbonyl (C=O) groups excluding carboxylic acids is 1. The molecule has 1 aliphatic heterocycles. The Bertz CT molecular complexity index is 1040. The van der Waals surface area contributed by atoms with Gasteiger partial charge in [-0.15, -0.1) is 0 Å². The van der Waals surface area contributed by atoms with E-state index in [9.17, 15) is 22.4 Å². The van der Waals surface area contributed by atoms with E-state index in [1.807, 2.05) is 30.3 Å². The number of carbonyl (C=O) groups is 1. The molecule has 3 aromatic rings. The third kappa shape index (κ3) is 3.87. The molecule has 0 aliphatic carbocycles. The number of fused-ring (bicyclic) bond motifs is 1. The summed E-state index contributed by atoms with van der Waals surface area (Å²) in [5, 5.41) is 2.49. The summed E-state index contributed by atoms with van der Waals surface area (Å²) in [6, 6.07) is 12.1. The molecule has 0 saturated carbocycles. The Balaban J connectivity index is 1.49. The van der Waals surface area contributed by atoms with Crippen molar-refractivity contribution in [2.24, 2.45) is 5.92 Å². The smallest absolute Gasteiger partial charge is 0.328 e. The predicted octanol–water partition coefficient (Wildman–Crippen LogP) is 4.91. The second kappa shape index (κ2) is 7.35. The first-order valence-corrected chi connectivity index (χ1v) is 9.10. The lowest BCUT2D eigenvalue weighted by Gasteiger charge is -2.24. The predicted molar refractivity (Wildman–Crippen MR) is 99.5 cm³/mol. The van der Waals surface area contributed by atoms with Crippen LogP contribution in [-0.4, -0.2) is 15.5 Å². The highest BCUT2D eigenvalue weighted by molar-refractivity contribution is 5.92. The topological polar surface area (TPSA) is 46.9 Å². The molecule has 0 fully saturated rings. The van der Waals surface area contributed by atoms with Crippen LogP contribution in [0.1, 0.15) is 17.7 Å². The van der Waals surface area contributed by atoms with E-state index in [0.29, 0.717) is 31.5 Å². The number of halogens is 4. The van der Waals surface area contributed by atoms with Gasteiger partial charge in [-0.2, -0.15) is 13.2 Å². The van der Waals surface area contributed by atoms with E-state index >= 15 is 0 Å². The fourth-order valence-corrected chi connectivity index (χ4v) is 3.57. The van der Waals surface area contributed by atoms with Gasteiger partial charge in [0, 0.05) is 42.0 Å². The van der Waals surface area contributed by atoms with Crippen LogP contribution in [0, 0.1) is 11.7 Å². The van der Waals surface area contributed by atoms with E-state index in [0.717, 1.165) is 23.1 Å². The zero-order valence-electron chi connectivity index (χ0n) is 15.2. The van der Waals surface area contributed by atoms with Gasteiger partial charge in [0.1, 0.15) is 11.6 Å². The third-order valence-corrected chi connectivity index (χ3v) is 5.04. The quantitative estimate of drug-likeness (QED) is 0.632. The number of anilines is 1. The Morgan fingerprint density at radius 3 is 2.62 bits per heavy atom. The molecule has 0 saturated heterocycles. The molecular formula is C21H17F4N3O. The average Bonchev–Trinajstić information content (AvgIpc) is 3.12. The molecule has 4 nitrogen and oxygen atoms in total. The molecule has 1 atom stereocenters. The first kappa shape index (κ1) is 19.2. The molecule has 8 heteroatoms. The van der Waals surface area contributed by atoms with Crippen LogP contribution in [0.15, 0.2) is 54.7 Å². The summed E-state index contributed by atoms with van der Waals surface area (Å²) < 4.78 is 54.1. The number of nitrogens with one attached hydrogen (secondary N) is 1. The number of amides is 1. The normalized spacial score (nSPS) is 16.3. The third-order valence-electron chi connectivity index (χ3n) is 5.04. The Morgan fingerprint density at radius 2 is 1.90 bits per heavy atom. The van der Waals surface area contributed by atoms with Crippen molar-refractivity contribution in [1.29, 1.82) is 0 Å². The molecule has 2 aromatic carbocycles. The number of alkyl halides is 3. The van der Waals surface area contributed by atoms with Gasteiger partial charge in [0.15, 0.2) is 0 Å². The van der Waals surface area contributed by atoms with Crippen LogP contribution >= 0.6 is 0 Å². The highest BCUT2D eigenvalue weighted by Crippen LogP contribution is 2.33. The maximum Gasteiger partial charge on any atom is 0.419 e. The van der Waals surface area contributed by atoms with Gasteiger partial charge in [-0.3, -0.25) is 4.79 Å². The SMILES string of the molecule is O=C(Nc1ccc(F)c(C(F)(F)F)c1)C1CCn2c(cnc2-c2ccccc2)C1. The van der Waals surface area contributed by atoms with Gasteiger partial charge >= 0.3 is 6.18 Å². The molecule has 0 spiro atoms. The Hall–Kier alpha value is -3.16. The zero-order chi connectivity index (χ0) is 20.6. The summed E-state index contributed by atoms with van der Waals surface area (Å²) in [6.45, 7) is 0.578. The van der Waals surface area contributed by atoms with Gasteiger partial charge in [0.05, 0.1) is 5.56 Å². The highest BCUT2D eigenvalue weighted by Gasteiger charge is 2.34. The maximum atomic E-state index is 13.4. The van der Waals surface area contributed by atoms with Crippen LogP contribution < -0.4 is 5.32 Å². The molecule has 1 amide bonds. The lowest BCUT2D eigenvalue weighted by atomic mass is 9.95. The minimum absolute atomic E-state index is 0.0761. The van der Waals surface area contributed by atoms with Crippen molar-refractivity contribution < 1.29 is 22.4 Å². The van der Waals surface area contributed by atoms with E-state index in [4.69, 9.17) is 0 Å². The number of nitrogens with zero attached hydrogens (tertiary/aromatic N) is 2. The largest absolute Gasteiger partial charge is 0.419 e. The number of hydrogen-bond acceptors (Lipinski definition) is 2. The molecule has 0 radical (unpaired) electrons. The monoisotopic (exact) mass is 403 g/mol. The van der Waals surface area contributed by atoms with Gasteiger partial charge in [0.2, 0.25) is 5.91 Å². The van der Waals surface area contributed by atoms with Gasteiger partial charge in [-0.25, -0.2) is 9.37 Å². The number of benzene rings is 2. The van der Waals surface area contributed by atoms with E-state index in [1.165, 1.54) is 0 Å². The van der Waals surface area contributed by atoms with Crippen molar-refractivity contribution in [2.75, 3.05) is 5.32 Å². The van der Waals surface area contributed by atoms with Crippen LogP contribution in [0.2, 0.25) is 0 Å². The molecule has 1 aliphatic rings. The van der Waals surface area contributed by atoms with E-state index in [2.05, 4.69) is 14.9 Å². The van der Waals surface area contributed by atoms with Crippen molar-refractivity contribution in [3.8, 4) is 11.4 Å². The second-order valence-electron chi connectivity index (χ2n) is 6.96. The second-order valence-corrected chi connectivity index (χ2v) is 6.96. The summed E-state index contributed by atoms with van der Waals surface area (Å²) in [6.07, 6.45) is -2.14. The highest BCUT2D eigenvalue weighted by atomic mass is 19.4. The molecule has 2 heterocycles. The number of hydrogen-bond donors (Lipinski definition) is 1. The molecule has 1 unspecified atom stereocenters. The Kier molecular flexibility index (Phi) is 4.86. The fraction of sp³-hybridized carbons (Fsp3) is 0.238. The van der Waals surface area contributed by atoms with E-state index in [1.54, 1.807) is 6.20 Å².